The molecule has 2 heterocycles. The molecule has 6 rings (SSSR count). The SMILES string of the molecule is O=C(Nc1ccc(C2CCNC2)cc1)OCCc1ccc(C(F)(F)F)cc1.O=C(Nc1ccc(C2CCNC2)cc1)OCCc1cccc(Cl)c1. The quantitative estimate of drug-likeness (QED) is 0.131. The van der Waals surface area contributed by atoms with Gasteiger partial charge in [-0.1, -0.05) is 60.1 Å². The Labute approximate surface area is 301 Å². The minimum absolute atomic E-state index is 0.0863. The van der Waals surface area contributed by atoms with Gasteiger partial charge in [0, 0.05) is 42.3 Å². The smallest absolute Gasteiger partial charge is 0.416 e. The van der Waals surface area contributed by atoms with Crippen LogP contribution in [-0.2, 0) is 28.5 Å². The molecule has 2 amide bonds. The molecule has 2 aliphatic rings. The zero-order valence-corrected chi connectivity index (χ0v) is 28.9. The summed E-state index contributed by atoms with van der Waals surface area (Å²) in [5.74, 6) is 1.08. The number of ether oxygens (including phenoxy) is 2. The number of amides is 2. The molecule has 2 unspecified atom stereocenters. The van der Waals surface area contributed by atoms with Crippen molar-refractivity contribution in [1.82, 2.24) is 10.6 Å². The fraction of sp³-hybridized carbons (Fsp3) is 0.333. The lowest BCUT2D eigenvalue weighted by Crippen LogP contribution is -2.15. The van der Waals surface area contributed by atoms with Crippen LogP contribution in [0.2, 0.25) is 5.02 Å². The van der Waals surface area contributed by atoms with E-state index in [2.05, 4.69) is 33.4 Å². The molecule has 0 spiro atoms. The second-order valence-electron chi connectivity index (χ2n) is 12.5. The topological polar surface area (TPSA) is 101 Å². The summed E-state index contributed by atoms with van der Waals surface area (Å²) in [4.78, 5) is 23.7. The molecule has 0 bridgehead atoms. The van der Waals surface area contributed by atoms with Crippen LogP contribution < -0.4 is 21.3 Å². The first-order valence-corrected chi connectivity index (χ1v) is 17.4. The molecular formula is C39H42ClF3N4O4. The number of nitrogens with one attached hydrogen (secondary N) is 4. The Hall–Kier alpha value is -4.58. The fourth-order valence-corrected chi connectivity index (χ4v) is 6.15. The minimum atomic E-state index is -4.35. The fourth-order valence-electron chi connectivity index (χ4n) is 5.94. The average Bonchev–Trinajstić information content (AvgIpc) is 3.85. The third-order valence-electron chi connectivity index (χ3n) is 8.80. The van der Waals surface area contributed by atoms with E-state index in [9.17, 15) is 22.8 Å². The average molecular weight is 723 g/mol. The standard InChI is InChI=1S/C20H21F3N2O2.C19H21ClN2O2/c21-20(22,23)17-5-1-14(2-6-17)10-12-27-19(26)25-18-7-3-15(4-8-18)16-9-11-24-13-16;20-17-3-1-2-14(12-17)9-11-24-19(23)22-18-6-4-15(5-7-18)16-8-10-21-13-16/h1-8,16,24H,9-13H2,(H,25,26);1-7,12,16,21H,8-11,13H2,(H,22,23). The van der Waals surface area contributed by atoms with Gasteiger partial charge in [0.1, 0.15) is 0 Å². The lowest BCUT2D eigenvalue weighted by atomic mass is 9.98. The van der Waals surface area contributed by atoms with Crippen LogP contribution in [-0.4, -0.2) is 51.6 Å². The van der Waals surface area contributed by atoms with Crippen LogP contribution in [0.3, 0.4) is 0 Å². The summed E-state index contributed by atoms with van der Waals surface area (Å²) in [5, 5.41) is 12.8. The van der Waals surface area contributed by atoms with Crippen molar-refractivity contribution < 1.29 is 32.2 Å². The van der Waals surface area contributed by atoms with Crippen LogP contribution in [0.5, 0.6) is 0 Å². The highest BCUT2D eigenvalue weighted by Gasteiger charge is 2.30. The molecule has 4 aromatic carbocycles. The van der Waals surface area contributed by atoms with Crippen molar-refractivity contribution in [3.05, 3.63) is 130 Å². The molecule has 0 radical (unpaired) electrons. The number of anilines is 2. The number of carbonyl (C=O) groups excluding carboxylic acids is 2. The van der Waals surface area contributed by atoms with Crippen molar-refractivity contribution in [2.24, 2.45) is 0 Å². The Morgan fingerprint density at radius 2 is 1.18 bits per heavy atom. The van der Waals surface area contributed by atoms with Gasteiger partial charge >= 0.3 is 18.4 Å². The van der Waals surface area contributed by atoms with E-state index in [4.69, 9.17) is 21.1 Å². The minimum Gasteiger partial charge on any atom is -0.449 e. The molecule has 0 aliphatic carbocycles. The van der Waals surface area contributed by atoms with Gasteiger partial charge in [0.05, 0.1) is 18.8 Å². The van der Waals surface area contributed by atoms with E-state index in [0.29, 0.717) is 47.6 Å². The zero-order chi connectivity index (χ0) is 36.1. The number of rotatable bonds is 10. The summed E-state index contributed by atoms with van der Waals surface area (Å²) in [5.41, 5.74) is 4.96. The van der Waals surface area contributed by atoms with Crippen molar-refractivity contribution in [2.45, 2.75) is 43.7 Å². The first-order valence-electron chi connectivity index (χ1n) is 17.0. The van der Waals surface area contributed by atoms with Gasteiger partial charge in [-0.05, 0) is 109 Å². The highest BCUT2D eigenvalue weighted by atomic mass is 35.5. The number of benzene rings is 4. The van der Waals surface area contributed by atoms with Gasteiger partial charge in [-0.3, -0.25) is 10.6 Å². The summed E-state index contributed by atoms with van der Waals surface area (Å²) >= 11 is 5.93. The molecule has 2 aliphatic heterocycles. The van der Waals surface area contributed by atoms with Gasteiger partial charge in [-0.2, -0.15) is 13.2 Å². The third kappa shape index (κ3) is 12.3. The molecule has 8 nitrogen and oxygen atoms in total. The number of hydrogen-bond donors (Lipinski definition) is 4. The Morgan fingerprint density at radius 3 is 1.61 bits per heavy atom. The molecular weight excluding hydrogens is 681 g/mol. The molecule has 2 saturated heterocycles. The van der Waals surface area contributed by atoms with Crippen molar-refractivity contribution in [3.8, 4) is 0 Å². The number of halogens is 4. The van der Waals surface area contributed by atoms with E-state index in [-0.39, 0.29) is 6.61 Å². The number of alkyl halides is 3. The Kier molecular flexibility index (Phi) is 13.7. The van der Waals surface area contributed by atoms with Crippen LogP contribution >= 0.6 is 11.6 Å². The van der Waals surface area contributed by atoms with Crippen LogP contribution in [0.15, 0.2) is 97.1 Å². The van der Waals surface area contributed by atoms with Gasteiger partial charge in [0.15, 0.2) is 0 Å². The summed E-state index contributed by atoms with van der Waals surface area (Å²) in [6.07, 6.45) is -2.11. The first kappa shape index (κ1) is 37.7. The van der Waals surface area contributed by atoms with Gasteiger partial charge in [0.25, 0.3) is 0 Å². The molecule has 270 valence electrons. The first-order chi connectivity index (χ1) is 24.6. The second-order valence-corrected chi connectivity index (χ2v) is 12.9. The third-order valence-corrected chi connectivity index (χ3v) is 9.03. The zero-order valence-electron chi connectivity index (χ0n) is 28.1. The highest BCUT2D eigenvalue weighted by molar-refractivity contribution is 6.30. The molecule has 4 N–H and O–H groups in total. The molecule has 0 saturated carbocycles. The predicted molar refractivity (Wildman–Crippen MR) is 194 cm³/mol. The lowest BCUT2D eigenvalue weighted by Gasteiger charge is -2.11. The summed E-state index contributed by atoms with van der Waals surface area (Å²) in [6, 6.07) is 28.0. The molecule has 2 fully saturated rings. The maximum atomic E-state index is 12.5. The van der Waals surface area contributed by atoms with Crippen LogP contribution in [0.4, 0.5) is 34.1 Å². The van der Waals surface area contributed by atoms with Crippen LogP contribution in [0.25, 0.3) is 0 Å². The monoisotopic (exact) mass is 722 g/mol. The van der Waals surface area contributed by atoms with Crippen molar-refractivity contribution in [2.75, 3.05) is 50.0 Å². The molecule has 51 heavy (non-hydrogen) atoms. The van der Waals surface area contributed by atoms with Gasteiger partial charge < -0.3 is 20.1 Å². The van der Waals surface area contributed by atoms with Crippen molar-refractivity contribution >= 4 is 35.2 Å². The van der Waals surface area contributed by atoms with E-state index in [0.717, 1.165) is 62.4 Å². The molecule has 2 atom stereocenters. The maximum absolute atomic E-state index is 12.5. The van der Waals surface area contributed by atoms with Gasteiger partial charge in [0.2, 0.25) is 0 Å². The largest absolute Gasteiger partial charge is 0.449 e. The maximum Gasteiger partial charge on any atom is 0.416 e. The van der Waals surface area contributed by atoms with E-state index in [1.807, 2.05) is 60.7 Å². The van der Waals surface area contributed by atoms with E-state index in [1.165, 1.54) is 23.3 Å². The van der Waals surface area contributed by atoms with E-state index in [1.54, 1.807) is 0 Å². The molecule has 0 aromatic heterocycles. The number of carbonyl (C=O) groups is 2. The predicted octanol–water partition coefficient (Wildman–Crippen LogP) is 8.78. The Morgan fingerprint density at radius 1 is 0.686 bits per heavy atom. The van der Waals surface area contributed by atoms with E-state index >= 15 is 0 Å². The van der Waals surface area contributed by atoms with Crippen molar-refractivity contribution in [3.63, 3.8) is 0 Å². The van der Waals surface area contributed by atoms with Crippen molar-refractivity contribution in [1.29, 1.82) is 0 Å². The normalized spacial score (nSPS) is 16.9. The molecule has 4 aromatic rings. The molecule has 12 heteroatoms. The van der Waals surface area contributed by atoms with Gasteiger partial charge in [-0.25, -0.2) is 9.59 Å². The summed E-state index contributed by atoms with van der Waals surface area (Å²) in [6.45, 7) is 4.50. The summed E-state index contributed by atoms with van der Waals surface area (Å²) in [7, 11) is 0. The second kappa shape index (κ2) is 18.6. The van der Waals surface area contributed by atoms with Crippen LogP contribution in [0.1, 0.15) is 52.5 Å². The highest BCUT2D eigenvalue weighted by Crippen LogP contribution is 2.29. The summed E-state index contributed by atoms with van der Waals surface area (Å²) < 4.78 is 47.9. The van der Waals surface area contributed by atoms with Crippen LogP contribution in [0, 0.1) is 0 Å². The Balaban J connectivity index is 0.000000199. The number of hydrogen-bond acceptors (Lipinski definition) is 6. The Bertz CT molecular complexity index is 1690. The van der Waals surface area contributed by atoms with E-state index < -0.39 is 23.9 Å². The van der Waals surface area contributed by atoms with Gasteiger partial charge in [-0.15, -0.1) is 0 Å². The lowest BCUT2D eigenvalue weighted by molar-refractivity contribution is -0.137.